The van der Waals surface area contributed by atoms with Crippen LogP contribution < -0.4 is 5.73 Å². The van der Waals surface area contributed by atoms with Gasteiger partial charge in [-0.2, -0.15) is 4.98 Å². The molecular formula is C16H20FN3O. The van der Waals surface area contributed by atoms with Gasteiger partial charge in [-0.05, 0) is 30.9 Å². The van der Waals surface area contributed by atoms with E-state index in [4.69, 9.17) is 10.3 Å². The summed E-state index contributed by atoms with van der Waals surface area (Å²) >= 11 is 0. The molecule has 0 radical (unpaired) electrons. The van der Waals surface area contributed by atoms with Crippen molar-refractivity contribution < 1.29 is 8.91 Å². The molecule has 1 aliphatic rings. The topological polar surface area (TPSA) is 64.9 Å². The standard InChI is InChI=1S/C16H20FN3O/c1-11(10-12-6-2-3-7-13(12)17)14-19-15(20-21-14)16(18)8-4-5-9-16/h2-3,6-7,11H,4-5,8-10,18H2,1H3. The van der Waals surface area contributed by atoms with Gasteiger partial charge in [-0.15, -0.1) is 0 Å². The average molecular weight is 289 g/mol. The lowest BCUT2D eigenvalue weighted by Crippen LogP contribution is -2.34. The van der Waals surface area contributed by atoms with Crippen LogP contribution in [0.3, 0.4) is 0 Å². The Morgan fingerprint density at radius 3 is 2.76 bits per heavy atom. The maximum atomic E-state index is 13.7. The fourth-order valence-electron chi connectivity index (χ4n) is 2.95. The first kappa shape index (κ1) is 14.2. The van der Waals surface area contributed by atoms with Crippen LogP contribution in [0.25, 0.3) is 0 Å². The molecule has 0 aliphatic heterocycles. The highest BCUT2D eigenvalue weighted by Crippen LogP contribution is 2.35. The molecule has 1 aromatic heterocycles. The van der Waals surface area contributed by atoms with Crippen molar-refractivity contribution in [3.05, 3.63) is 47.4 Å². The maximum Gasteiger partial charge on any atom is 0.229 e. The summed E-state index contributed by atoms with van der Waals surface area (Å²) in [7, 11) is 0. The Hall–Kier alpha value is -1.75. The number of nitrogens with zero attached hydrogens (tertiary/aromatic N) is 2. The van der Waals surface area contributed by atoms with Gasteiger partial charge in [0.1, 0.15) is 5.82 Å². The Morgan fingerprint density at radius 1 is 1.33 bits per heavy atom. The van der Waals surface area contributed by atoms with Crippen LogP contribution in [-0.2, 0) is 12.0 Å². The van der Waals surface area contributed by atoms with Crippen molar-refractivity contribution in [1.82, 2.24) is 10.1 Å². The Balaban J connectivity index is 1.75. The Labute approximate surface area is 123 Å². The zero-order valence-electron chi connectivity index (χ0n) is 12.2. The zero-order chi connectivity index (χ0) is 14.9. The third-order valence-electron chi connectivity index (χ3n) is 4.29. The number of halogens is 1. The molecule has 0 spiro atoms. The van der Waals surface area contributed by atoms with E-state index in [9.17, 15) is 4.39 Å². The van der Waals surface area contributed by atoms with Crippen molar-refractivity contribution in [2.75, 3.05) is 0 Å². The number of benzene rings is 1. The molecule has 112 valence electrons. The van der Waals surface area contributed by atoms with E-state index in [0.29, 0.717) is 23.7 Å². The second kappa shape index (κ2) is 5.56. The minimum atomic E-state index is -0.445. The SMILES string of the molecule is CC(Cc1ccccc1F)c1nc(C2(N)CCCC2)no1. The molecular weight excluding hydrogens is 269 g/mol. The van der Waals surface area contributed by atoms with Crippen LogP contribution in [0.5, 0.6) is 0 Å². The first-order chi connectivity index (χ1) is 10.1. The molecule has 1 aliphatic carbocycles. The van der Waals surface area contributed by atoms with Gasteiger partial charge in [0.2, 0.25) is 5.89 Å². The fraction of sp³-hybridized carbons (Fsp3) is 0.500. The van der Waals surface area contributed by atoms with Crippen molar-refractivity contribution >= 4 is 0 Å². The lowest BCUT2D eigenvalue weighted by molar-refractivity contribution is 0.336. The van der Waals surface area contributed by atoms with E-state index in [1.54, 1.807) is 12.1 Å². The van der Waals surface area contributed by atoms with Crippen molar-refractivity contribution in [1.29, 1.82) is 0 Å². The molecule has 0 saturated heterocycles. The van der Waals surface area contributed by atoms with Gasteiger partial charge in [-0.1, -0.05) is 43.1 Å². The molecule has 0 amide bonds. The van der Waals surface area contributed by atoms with Crippen LogP contribution in [0.1, 0.15) is 55.8 Å². The predicted octanol–water partition coefficient (Wildman–Crippen LogP) is 3.28. The van der Waals surface area contributed by atoms with Gasteiger partial charge in [-0.25, -0.2) is 4.39 Å². The van der Waals surface area contributed by atoms with Crippen molar-refractivity contribution in [3.63, 3.8) is 0 Å². The maximum absolute atomic E-state index is 13.7. The Morgan fingerprint density at radius 2 is 2.05 bits per heavy atom. The summed E-state index contributed by atoms with van der Waals surface area (Å²) in [4.78, 5) is 4.46. The molecule has 1 atom stereocenters. The summed E-state index contributed by atoms with van der Waals surface area (Å²) in [6.07, 6.45) is 4.53. The normalized spacial score (nSPS) is 18.8. The number of hydrogen-bond acceptors (Lipinski definition) is 4. The molecule has 21 heavy (non-hydrogen) atoms. The van der Waals surface area contributed by atoms with Gasteiger partial charge < -0.3 is 10.3 Å². The van der Waals surface area contributed by atoms with E-state index < -0.39 is 5.54 Å². The fourth-order valence-corrected chi connectivity index (χ4v) is 2.95. The van der Waals surface area contributed by atoms with Gasteiger partial charge in [0.25, 0.3) is 0 Å². The average Bonchev–Trinajstić information content (AvgIpc) is 3.11. The number of nitrogens with two attached hydrogens (primary N) is 1. The van der Waals surface area contributed by atoms with Crippen molar-refractivity contribution in [2.45, 2.75) is 50.5 Å². The monoisotopic (exact) mass is 289 g/mol. The van der Waals surface area contributed by atoms with E-state index in [-0.39, 0.29) is 11.7 Å². The first-order valence-electron chi connectivity index (χ1n) is 7.45. The van der Waals surface area contributed by atoms with E-state index in [0.717, 1.165) is 25.7 Å². The van der Waals surface area contributed by atoms with Crippen LogP contribution in [0.2, 0.25) is 0 Å². The lowest BCUT2D eigenvalue weighted by atomic mass is 9.98. The highest BCUT2D eigenvalue weighted by atomic mass is 19.1. The number of hydrogen-bond donors (Lipinski definition) is 1. The molecule has 2 aromatic rings. The zero-order valence-corrected chi connectivity index (χ0v) is 12.2. The molecule has 0 bridgehead atoms. The number of rotatable bonds is 4. The van der Waals surface area contributed by atoms with Crippen LogP contribution in [0, 0.1) is 5.82 Å². The smallest absolute Gasteiger partial charge is 0.229 e. The molecule has 5 heteroatoms. The molecule has 1 aromatic carbocycles. The summed E-state index contributed by atoms with van der Waals surface area (Å²) in [5.74, 6) is 0.892. The Bertz CT molecular complexity index is 619. The summed E-state index contributed by atoms with van der Waals surface area (Å²) in [5, 5.41) is 4.05. The van der Waals surface area contributed by atoms with Crippen LogP contribution in [0.4, 0.5) is 4.39 Å². The van der Waals surface area contributed by atoms with Crippen molar-refractivity contribution in [2.24, 2.45) is 5.73 Å². The summed E-state index contributed by atoms with van der Waals surface area (Å²) in [5.41, 5.74) is 6.54. The quantitative estimate of drug-likeness (QED) is 0.938. The molecule has 1 heterocycles. The van der Waals surface area contributed by atoms with Gasteiger partial charge in [0, 0.05) is 5.92 Å². The molecule has 1 saturated carbocycles. The minimum absolute atomic E-state index is 0.0341. The largest absolute Gasteiger partial charge is 0.339 e. The summed E-state index contributed by atoms with van der Waals surface area (Å²) < 4.78 is 19.0. The van der Waals surface area contributed by atoms with Gasteiger partial charge >= 0.3 is 0 Å². The third-order valence-corrected chi connectivity index (χ3v) is 4.29. The van der Waals surface area contributed by atoms with Gasteiger partial charge in [0.05, 0.1) is 5.54 Å². The highest BCUT2D eigenvalue weighted by molar-refractivity contribution is 5.19. The molecule has 1 fully saturated rings. The molecule has 1 unspecified atom stereocenters. The second-order valence-electron chi connectivity index (χ2n) is 6.02. The molecule has 2 N–H and O–H groups in total. The lowest BCUT2D eigenvalue weighted by Gasteiger charge is -2.17. The molecule has 4 nitrogen and oxygen atoms in total. The van der Waals surface area contributed by atoms with E-state index in [2.05, 4.69) is 10.1 Å². The molecule has 3 rings (SSSR count). The van der Waals surface area contributed by atoms with Crippen molar-refractivity contribution in [3.8, 4) is 0 Å². The van der Waals surface area contributed by atoms with Gasteiger partial charge in [-0.3, -0.25) is 0 Å². The predicted molar refractivity (Wildman–Crippen MR) is 77.2 cm³/mol. The second-order valence-corrected chi connectivity index (χ2v) is 6.02. The van der Waals surface area contributed by atoms with E-state index >= 15 is 0 Å². The van der Waals surface area contributed by atoms with Gasteiger partial charge in [0.15, 0.2) is 5.82 Å². The number of aromatic nitrogens is 2. The summed E-state index contributed by atoms with van der Waals surface area (Å²) in [6, 6.07) is 6.77. The minimum Gasteiger partial charge on any atom is -0.339 e. The highest BCUT2D eigenvalue weighted by Gasteiger charge is 2.36. The van der Waals surface area contributed by atoms with Crippen LogP contribution in [-0.4, -0.2) is 10.1 Å². The van der Waals surface area contributed by atoms with E-state index in [1.807, 2.05) is 13.0 Å². The Kier molecular flexibility index (Phi) is 3.76. The van der Waals surface area contributed by atoms with Crippen LogP contribution >= 0.6 is 0 Å². The summed E-state index contributed by atoms with van der Waals surface area (Å²) in [6.45, 7) is 1.96. The first-order valence-corrected chi connectivity index (χ1v) is 7.45. The third kappa shape index (κ3) is 2.83. The van der Waals surface area contributed by atoms with Crippen LogP contribution in [0.15, 0.2) is 28.8 Å². The van der Waals surface area contributed by atoms with E-state index in [1.165, 1.54) is 6.07 Å².